The molecule has 0 saturated heterocycles. The highest BCUT2D eigenvalue weighted by Crippen LogP contribution is 2.29. The Morgan fingerprint density at radius 3 is 2.68 bits per heavy atom. The number of fused-ring (bicyclic) bond motifs is 1. The van der Waals surface area contributed by atoms with E-state index in [1.165, 1.54) is 28.3 Å². The molecule has 1 aliphatic rings. The van der Waals surface area contributed by atoms with Crippen molar-refractivity contribution >= 4 is 28.1 Å². The summed E-state index contributed by atoms with van der Waals surface area (Å²) in [4.78, 5) is 14.9. The zero-order valence-electron chi connectivity index (χ0n) is 16.2. The summed E-state index contributed by atoms with van der Waals surface area (Å²) in [5.74, 6) is -0.0895. The number of nitrogens with one attached hydrogen (secondary N) is 2. The van der Waals surface area contributed by atoms with Gasteiger partial charge in [0.1, 0.15) is 5.00 Å². The van der Waals surface area contributed by atoms with Gasteiger partial charge in [-0.2, -0.15) is 4.37 Å². The first-order valence-electron chi connectivity index (χ1n) is 9.48. The Balaban J connectivity index is 1.36. The second-order valence-electron chi connectivity index (χ2n) is 7.02. The fourth-order valence-corrected chi connectivity index (χ4v) is 4.37. The van der Waals surface area contributed by atoms with Crippen LogP contribution in [-0.2, 0) is 19.5 Å². The molecule has 2 aromatic carbocycles. The Morgan fingerprint density at radius 1 is 1.14 bits per heavy atom. The minimum atomic E-state index is -0.0895. The van der Waals surface area contributed by atoms with Gasteiger partial charge < -0.3 is 15.5 Å². The van der Waals surface area contributed by atoms with Gasteiger partial charge in [0.2, 0.25) is 0 Å². The number of anilines is 2. The maximum atomic E-state index is 12.5. The molecule has 1 aliphatic heterocycles. The molecule has 0 spiro atoms. The van der Waals surface area contributed by atoms with Crippen molar-refractivity contribution in [3.05, 3.63) is 76.5 Å². The second-order valence-corrected chi connectivity index (χ2v) is 7.79. The van der Waals surface area contributed by atoms with E-state index < -0.39 is 0 Å². The molecule has 6 heteroatoms. The van der Waals surface area contributed by atoms with Crippen molar-refractivity contribution in [3.63, 3.8) is 0 Å². The Morgan fingerprint density at radius 2 is 1.89 bits per heavy atom. The zero-order chi connectivity index (χ0) is 19.5. The van der Waals surface area contributed by atoms with E-state index in [9.17, 15) is 4.79 Å². The molecule has 0 unspecified atom stereocenters. The molecule has 1 aromatic heterocycles. The van der Waals surface area contributed by atoms with Gasteiger partial charge in [0, 0.05) is 32.4 Å². The van der Waals surface area contributed by atoms with Crippen LogP contribution in [0.25, 0.3) is 0 Å². The summed E-state index contributed by atoms with van der Waals surface area (Å²) >= 11 is 1.31. The number of nitrogens with zero attached hydrogens (tertiary/aromatic N) is 2. The molecule has 0 radical (unpaired) electrons. The molecular formula is C22H24N4OS. The highest BCUT2D eigenvalue weighted by atomic mass is 32.1. The van der Waals surface area contributed by atoms with Gasteiger partial charge in [0.15, 0.2) is 0 Å². The van der Waals surface area contributed by atoms with Crippen LogP contribution in [-0.4, -0.2) is 23.9 Å². The van der Waals surface area contributed by atoms with Crippen LogP contribution in [0.2, 0.25) is 0 Å². The van der Waals surface area contributed by atoms with E-state index in [2.05, 4.69) is 68.4 Å². The lowest BCUT2D eigenvalue weighted by Crippen LogP contribution is -2.24. The van der Waals surface area contributed by atoms with Crippen LogP contribution >= 0.6 is 11.5 Å². The lowest BCUT2D eigenvalue weighted by molar-refractivity contribution is 0.0951. The zero-order valence-corrected chi connectivity index (χ0v) is 17.0. The van der Waals surface area contributed by atoms with Gasteiger partial charge in [-0.25, -0.2) is 0 Å². The fourth-order valence-electron chi connectivity index (χ4n) is 3.63. The summed E-state index contributed by atoms with van der Waals surface area (Å²) in [6.45, 7) is 4.34. The number of amides is 1. The molecule has 2 N–H and O–H groups in total. The topological polar surface area (TPSA) is 57.3 Å². The highest BCUT2D eigenvalue weighted by molar-refractivity contribution is 7.10. The summed E-state index contributed by atoms with van der Waals surface area (Å²) in [7, 11) is 1.81. The van der Waals surface area contributed by atoms with Crippen molar-refractivity contribution in [3.8, 4) is 0 Å². The predicted molar refractivity (Wildman–Crippen MR) is 115 cm³/mol. The fraction of sp³-hybridized carbons (Fsp3) is 0.273. The summed E-state index contributed by atoms with van der Waals surface area (Å²) in [5.41, 5.74) is 6.54. The molecule has 0 saturated carbocycles. The highest BCUT2D eigenvalue weighted by Gasteiger charge is 2.19. The minimum Gasteiger partial charge on any atom is -0.378 e. The van der Waals surface area contributed by atoms with E-state index in [0.717, 1.165) is 35.8 Å². The van der Waals surface area contributed by atoms with E-state index in [1.807, 2.05) is 6.92 Å². The molecule has 3 aromatic rings. The average molecular weight is 393 g/mol. The van der Waals surface area contributed by atoms with Gasteiger partial charge in [-0.15, -0.1) is 0 Å². The molecule has 2 heterocycles. The van der Waals surface area contributed by atoms with Crippen LogP contribution in [0.4, 0.5) is 10.7 Å². The summed E-state index contributed by atoms with van der Waals surface area (Å²) < 4.78 is 4.25. The SMILES string of the molecule is CNc1snc(C)c1C(=O)NCc1ccc(CN2CCc3ccccc32)cc1. The monoisotopic (exact) mass is 392 g/mol. The van der Waals surface area contributed by atoms with Crippen LogP contribution < -0.4 is 15.5 Å². The summed E-state index contributed by atoms with van der Waals surface area (Å²) in [5, 5.41) is 6.84. The number of carbonyl (C=O) groups excluding carboxylic acids is 1. The summed E-state index contributed by atoms with van der Waals surface area (Å²) in [6, 6.07) is 17.1. The number of hydrogen-bond donors (Lipinski definition) is 2. The van der Waals surface area contributed by atoms with E-state index in [-0.39, 0.29) is 5.91 Å². The van der Waals surface area contributed by atoms with Crippen LogP contribution in [0.5, 0.6) is 0 Å². The molecule has 4 rings (SSSR count). The van der Waals surface area contributed by atoms with Crippen LogP contribution in [0.15, 0.2) is 48.5 Å². The molecule has 0 aliphatic carbocycles. The smallest absolute Gasteiger partial charge is 0.256 e. The number of hydrogen-bond acceptors (Lipinski definition) is 5. The van der Waals surface area contributed by atoms with Crippen molar-refractivity contribution in [1.82, 2.24) is 9.69 Å². The lowest BCUT2D eigenvalue weighted by atomic mass is 10.1. The van der Waals surface area contributed by atoms with Gasteiger partial charge in [0.05, 0.1) is 11.3 Å². The van der Waals surface area contributed by atoms with Crippen LogP contribution in [0, 0.1) is 6.92 Å². The summed E-state index contributed by atoms with van der Waals surface area (Å²) in [6.07, 6.45) is 1.12. The van der Waals surface area contributed by atoms with Crippen molar-refractivity contribution in [2.75, 3.05) is 23.8 Å². The normalized spacial score (nSPS) is 12.7. The minimum absolute atomic E-state index is 0.0895. The van der Waals surface area contributed by atoms with E-state index in [0.29, 0.717) is 12.1 Å². The quantitative estimate of drug-likeness (QED) is 0.666. The van der Waals surface area contributed by atoms with Gasteiger partial charge in [0.25, 0.3) is 5.91 Å². The van der Waals surface area contributed by atoms with Gasteiger partial charge in [-0.05, 0) is 47.6 Å². The average Bonchev–Trinajstić information content (AvgIpc) is 3.30. The van der Waals surface area contributed by atoms with Crippen molar-refractivity contribution in [2.45, 2.75) is 26.4 Å². The number of carbonyl (C=O) groups is 1. The number of para-hydroxylation sites is 1. The molecule has 0 atom stereocenters. The molecule has 1 amide bonds. The molecule has 0 fully saturated rings. The number of benzene rings is 2. The van der Waals surface area contributed by atoms with Crippen molar-refractivity contribution in [1.29, 1.82) is 0 Å². The first kappa shape index (κ1) is 18.5. The number of aryl methyl sites for hydroxylation is 1. The molecule has 144 valence electrons. The Bertz CT molecular complexity index is 980. The Hall–Kier alpha value is -2.86. The molecule has 0 bridgehead atoms. The standard InChI is InChI=1S/C22H24N4OS/c1-15-20(22(23-2)28-25-15)21(27)24-13-16-7-9-17(10-8-16)14-26-12-11-18-5-3-4-6-19(18)26/h3-10,23H,11-14H2,1-2H3,(H,24,27). The Kier molecular flexibility index (Phi) is 5.30. The van der Waals surface area contributed by atoms with Gasteiger partial charge in [-0.3, -0.25) is 4.79 Å². The lowest BCUT2D eigenvalue weighted by Gasteiger charge is -2.19. The second kappa shape index (κ2) is 8.02. The maximum Gasteiger partial charge on any atom is 0.256 e. The van der Waals surface area contributed by atoms with Gasteiger partial charge in [-0.1, -0.05) is 42.5 Å². The maximum absolute atomic E-state index is 12.5. The third-order valence-electron chi connectivity index (χ3n) is 5.15. The molecule has 5 nitrogen and oxygen atoms in total. The van der Waals surface area contributed by atoms with E-state index in [1.54, 1.807) is 7.05 Å². The number of rotatable bonds is 6. The van der Waals surface area contributed by atoms with Crippen LogP contribution in [0.3, 0.4) is 0 Å². The largest absolute Gasteiger partial charge is 0.378 e. The van der Waals surface area contributed by atoms with Crippen molar-refractivity contribution < 1.29 is 4.79 Å². The molecule has 28 heavy (non-hydrogen) atoms. The number of aromatic nitrogens is 1. The van der Waals surface area contributed by atoms with E-state index in [4.69, 9.17) is 0 Å². The Labute approximate surface area is 169 Å². The third-order valence-corrected chi connectivity index (χ3v) is 6.11. The first-order valence-corrected chi connectivity index (χ1v) is 10.3. The van der Waals surface area contributed by atoms with Gasteiger partial charge >= 0.3 is 0 Å². The van der Waals surface area contributed by atoms with Crippen LogP contribution in [0.1, 0.15) is 32.7 Å². The van der Waals surface area contributed by atoms with E-state index >= 15 is 0 Å². The first-order chi connectivity index (χ1) is 13.7. The third kappa shape index (κ3) is 3.73. The predicted octanol–water partition coefficient (Wildman–Crippen LogP) is 3.99. The molecular weight excluding hydrogens is 368 g/mol. The van der Waals surface area contributed by atoms with Crippen molar-refractivity contribution in [2.24, 2.45) is 0 Å².